The molecule has 0 fully saturated rings. The molecule has 1 amide bonds. The molecule has 0 radical (unpaired) electrons. The van der Waals surface area contributed by atoms with Gasteiger partial charge in [0, 0.05) is 21.1 Å². The quantitative estimate of drug-likeness (QED) is 0.573. The largest absolute Gasteiger partial charge is 0.495 e. The predicted molar refractivity (Wildman–Crippen MR) is 106 cm³/mol. The average molecular weight is 391 g/mol. The van der Waals surface area contributed by atoms with E-state index >= 15 is 0 Å². The van der Waals surface area contributed by atoms with Gasteiger partial charge in [0.15, 0.2) is 0 Å². The van der Waals surface area contributed by atoms with E-state index in [-0.39, 0.29) is 19.0 Å². The van der Waals surface area contributed by atoms with E-state index < -0.39 is 6.10 Å². The summed E-state index contributed by atoms with van der Waals surface area (Å²) in [5.74, 6) is 0.375. The smallest absolute Gasteiger partial charge is 0.239 e. The number of aliphatic hydroxyl groups is 1. The monoisotopic (exact) mass is 390 g/mol. The summed E-state index contributed by atoms with van der Waals surface area (Å²) in [7, 11) is 1.55. The Morgan fingerprint density at radius 1 is 1.27 bits per heavy atom. The van der Waals surface area contributed by atoms with Crippen molar-refractivity contribution in [1.29, 1.82) is 0 Å². The van der Waals surface area contributed by atoms with Crippen LogP contribution in [0.15, 0.2) is 48.5 Å². The second kappa shape index (κ2) is 8.40. The van der Waals surface area contributed by atoms with Crippen molar-refractivity contribution in [3.63, 3.8) is 0 Å². The van der Waals surface area contributed by atoms with E-state index in [4.69, 9.17) is 16.3 Å². The number of amides is 1. The van der Waals surface area contributed by atoms with Gasteiger partial charge in [-0.1, -0.05) is 29.8 Å². The Morgan fingerprint density at radius 3 is 2.85 bits per heavy atom. The number of anilines is 1. The number of carbonyl (C=O) groups excluding carboxylic acids is 1. The first-order valence-corrected chi connectivity index (χ1v) is 9.27. The Kier molecular flexibility index (Phi) is 5.98. The van der Waals surface area contributed by atoms with Crippen molar-refractivity contribution in [2.75, 3.05) is 25.5 Å². The molecular weight excluding hydrogens is 372 g/mol. The van der Waals surface area contributed by atoms with Crippen LogP contribution in [0.5, 0.6) is 5.75 Å². The van der Waals surface area contributed by atoms with Crippen LogP contribution in [-0.4, -0.2) is 31.2 Å². The van der Waals surface area contributed by atoms with Crippen molar-refractivity contribution >= 4 is 44.6 Å². The van der Waals surface area contributed by atoms with Crippen LogP contribution in [0, 0.1) is 0 Å². The van der Waals surface area contributed by atoms with Crippen LogP contribution >= 0.6 is 22.9 Å². The number of benzene rings is 2. The third-order valence-electron chi connectivity index (χ3n) is 3.87. The number of carbonyl (C=O) groups is 1. The molecule has 7 heteroatoms. The number of hydrogen-bond acceptors (Lipinski definition) is 5. The maximum absolute atomic E-state index is 12.1. The van der Waals surface area contributed by atoms with Gasteiger partial charge >= 0.3 is 0 Å². The maximum Gasteiger partial charge on any atom is 0.239 e. The molecular formula is C19H19ClN2O3S. The van der Waals surface area contributed by atoms with E-state index in [0.29, 0.717) is 16.5 Å². The van der Waals surface area contributed by atoms with Crippen LogP contribution in [0.2, 0.25) is 5.02 Å². The normalized spacial score (nSPS) is 12.0. The summed E-state index contributed by atoms with van der Waals surface area (Å²) in [6.45, 7) is 0.204. The molecule has 2 aromatic carbocycles. The van der Waals surface area contributed by atoms with Gasteiger partial charge in [-0.2, -0.15) is 0 Å². The van der Waals surface area contributed by atoms with Crippen LogP contribution in [-0.2, 0) is 4.79 Å². The second-order valence-corrected chi connectivity index (χ2v) is 7.26. The lowest BCUT2D eigenvalue weighted by atomic mass is 10.2. The van der Waals surface area contributed by atoms with Gasteiger partial charge in [0.25, 0.3) is 0 Å². The highest BCUT2D eigenvalue weighted by molar-refractivity contribution is 7.19. The minimum absolute atomic E-state index is 0.0514. The number of fused-ring (bicyclic) bond motifs is 1. The lowest BCUT2D eigenvalue weighted by molar-refractivity contribution is -0.119. The van der Waals surface area contributed by atoms with Crippen LogP contribution in [0.3, 0.4) is 0 Å². The summed E-state index contributed by atoms with van der Waals surface area (Å²) in [6.07, 6.45) is -0.739. The molecule has 136 valence electrons. The molecule has 26 heavy (non-hydrogen) atoms. The van der Waals surface area contributed by atoms with Gasteiger partial charge < -0.3 is 20.5 Å². The van der Waals surface area contributed by atoms with Gasteiger partial charge in [0.1, 0.15) is 11.9 Å². The summed E-state index contributed by atoms with van der Waals surface area (Å²) in [5, 5.41) is 17.7. The number of rotatable bonds is 7. The maximum atomic E-state index is 12.1. The van der Waals surface area contributed by atoms with Gasteiger partial charge in [-0.3, -0.25) is 4.79 Å². The van der Waals surface area contributed by atoms with E-state index in [1.54, 1.807) is 25.3 Å². The molecule has 1 atom stereocenters. The second-order valence-electron chi connectivity index (χ2n) is 5.70. The average Bonchev–Trinajstić information content (AvgIpc) is 3.09. The van der Waals surface area contributed by atoms with E-state index in [1.165, 1.54) is 11.3 Å². The first-order valence-electron chi connectivity index (χ1n) is 8.07. The minimum atomic E-state index is -0.739. The van der Waals surface area contributed by atoms with Crippen molar-refractivity contribution in [1.82, 2.24) is 5.32 Å². The molecule has 3 aromatic rings. The third-order valence-corrected chi connectivity index (χ3v) is 5.32. The van der Waals surface area contributed by atoms with Gasteiger partial charge in [-0.15, -0.1) is 11.3 Å². The lowest BCUT2D eigenvalue weighted by Crippen LogP contribution is -2.33. The predicted octanol–water partition coefficient (Wildman–Crippen LogP) is 3.83. The third kappa shape index (κ3) is 4.46. The topological polar surface area (TPSA) is 70.6 Å². The molecule has 0 aliphatic rings. The Hall–Kier alpha value is -2.28. The minimum Gasteiger partial charge on any atom is -0.495 e. The highest BCUT2D eigenvalue weighted by Crippen LogP contribution is 2.29. The van der Waals surface area contributed by atoms with E-state index in [2.05, 4.69) is 10.6 Å². The molecule has 1 heterocycles. The summed E-state index contributed by atoms with van der Waals surface area (Å²) in [5.41, 5.74) is 0.639. The molecule has 0 unspecified atom stereocenters. The van der Waals surface area contributed by atoms with Crippen molar-refractivity contribution in [3.05, 3.63) is 58.4 Å². The van der Waals surface area contributed by atoms with Crippen LogP contribution < -0.4 is 15.4 Å². The summed E-state index contributed by atoms with van der Waals surface area (Å²) < 4.78 is 6.34. The fraction of sp³-hybridized carbons (Fsp3) is 0.211. The van der Waals surface area contributed by atoms with Gasteiger partial charge in [0.05, 0.1) is 19.3 Å². The molecule has 5 nitrogen and oxygen atoms in total. The standard InChI is InChI=1S/C19H19ClN2O3S/c1-25-16-7-6-13(20)9-14(16)21-11-19(24)22-10-15(23)18-8-12-4-2-3-5-17(12)26-18/h2-9,15,21,23H,10-11H2,1H3,(H,22,24)/t15-/m0/s1. The van der Waals surface area contributed by atoms with Crippen molar-refractivity contribution in [3.8, 4) is 5.75 Å². The summed E-state index contributed by atoms with van der Waals surface area (Å²) in [6, 6.07) is 15.0. The van der Waals surface area contributed by atoms with E-state index in [0.717, 1.165) is 15.0 Å². The fourth-order valence-corrected chi connectivity index (χ4v) is 3.76. The molecule has 0 saturated carbocycles. The van der Waals surface area contributed by atoms with Gasteiger partial charge in [0.2, 0.25) is 5.91 Å². The highest BCUT2D eigenvalue weighted by atomic mass is 35.5. The Balaban J connectivity index is 1.53. The highest BCUT2D eigenvalue weighted by Gasteiger charge is 2.13. The van der Waals surface area contributed by atoms with Crippen molar-refractivity contribution in [2.24, 2.45) is 0 Å². The first kappa shape index (κ1) is 18.5. The molecule has 3 rings (SSSR count). The number of aliphatic hydroxyl groups excluding tert-OH is 1. The fourth-order valence-electron chi connectivity index (χ4n) is 2.53. The summed E-state index contributed by atoms with van der Waals surface area (Å²) >= 11 is 7.49. The Labute approximate surface area is 160 Å². The number of ether oxygens (including phenoxy) is 1. The zero-order valence-electron chi connectivity index (χ0n) is 14.2. The number of halogens is 1. The molecule has 0 aliphatic carbocycles. The Bertz CT molecular complexity index is 880. The van der Waals surface area contributed by atoms with E-state index in [1.807, 2.05) is 30.3 Å². The van der Waals surface area contributed by atoms with Gasteiger partial charge in [-0.25, -0.2) is 0 Å². The zero-order chi connectivity index (χ0) is 18.5. The van der Waals surface area contributed by atoms with Crippen molar-refractivity contribution in [2.45, 2.75) is 6.10 Å². The van der Waals surface area contributed by atoms with Crippen LogP contribution in [0.1, 0.15) is 11.0 Å². The molecule has 0 saturated heterocycles. The summed E-state index contributed by atoms with van der Waals surface area (Å²) in [4.78, 5) is 12.9. The van der Waals surface area contributed by atoms with Crippen LogP contribution in [0.4, 0.5) is 5.69 Å². The molecule has 1 aromatic heterocycles. The first-order chi connectivity index (χ1) is 12.6. The Morgan fingerprint density at radius 2 is 2.08 bits per heavy atom. The lowest BCUT2D eigenvalue weighted by Gasteiger charge is -2.13. The molecule has 3 N–H and O–H groups in total. The number of nitrogens with one attached hydrogen (secondary N) is 2. The molecule has 0 aliphatic heterocycles. The van der Waals surface area contributed by atoms with Crippen molar-refractivity contribution < 1.29 is 14.6 Å². The number of hydrogen-bond donors (Lipinski definition) is 3. The molecule has 0 spiro atoms. The van der Waals surface area contributed by atoms with Crippen LogP contribution in [0.25, 0.3) is 10.1 Å². The number of methoxy groups -OCH3 is 1. The number of thiophene rings is 1. The van der Waals surface area contributed by atoms with Gasteiger partial charge in [-0.05, 0) is 35.7 Å². The molecule has 0 bridgehead atoms. The van der Waals surface area contributed by atoms with E-state index in [9.17, 15) is 9.90 Å². The SMILES string of the molecule is COc1ccc(Cl)cc1NCC(=O)NC[C@H](O)c1cc2ccccc2s1. The zero-order valence-corrected chi connectivity index (χ0v) is 15.7.